The third-order valence-electron chi connectivity index (χ3n) is 6.81. The smallest absolute Gasteiger partial charge is 0.225 e. The Morgan fingerprint density at radius 2 is 1.69 bits per heavy atom. The lowest BCUT2D eigenvalue weighted by Crippen LogP contribution is -2.24. The molecule has 1 saturated carbocycles. The lowest BCUT2D eigenvalue weighted by Gasteiger charge is -2.28. The second kappa shape index (κ2) is 10.5. The van der Waals surface area contributed by atoms with Gasteiger partial charge in [0.05, 0.1) is 21.8 Å². The molecular weight excluding hydrogens is 486 g/mol. The Balaban J connectivity index is 1.51. The number of imidazole rings is 1. The molecule has 1 aliphatic carbocycles. The molecule has 3 N–H and O–H groups in total. The van der Waals surface area contributed by atoms with Crippen molar-refractivity contribution >= 4 is 40.3 Å². The molecule has 1 fully saturated rings. The highest BCUT2D eigenvalue weighted by Gasteiger charge is 2.25. The molecule has 5 rings (SSSR count). The fraction of sp³-hybridized carbons (Fsp3) is 0.346. The molecule has 0 unspecified atom stereocenters. The van der Waals surface area contributed by atoms with E-state index < -0.39 is 0 Å². The van der Waals surface area contributed by atoms with Gasteiger partial charge in [-0.05, 0) is 62.3 Å². The first kappa shape index (κ1) is 24.0. The van der Waals surface area contributed by atoms with Gasteiger partial charge in [0, 0.05) is 18.7 Å². The predicted molar refractivity (Wildman–Crippen MR) is 139 cm³/mol. The summed E-state index contributed by atoms with van der Waals surface area (Å²) in [5, 5.41) is 4.21. The van der Waals surface area contributed by atoms with Crippen LogP contribution in [0.4, 0.5) is 10.3 Å². The van der Waals surface area contributed by atoms with Gasteiger partial charge in [0.1, 0.15) is 17.2 Å². The molecule has 0 saturated heterocycles. The quantitative estimate of drug-likeness (QED) is 0.303. The average molecular weight is 513 g/mol. The van der Waals surface area contributed by atoms with Gasteiger partial charge in [-0.25, -0.2) is 14.4 Å². The molecule has 6 nitrogen and oxygen atoms in total. The molecule has 0 aliphatic heterocycles. The van der Waals surface area contributed by atoms with Crippen LogP contribution < -0.4 is 11.1 Å². The number of halogens is 3. The zero-order chi connectivity index (χ0) is 24.4. The Hall–Kier alpha value is -2.74. The largest absolute Gasteiger partial charge is 0.350 e. The number of anilines is 1. The van der Waals surface area contributed by atoms with E-state index in [1.807, 2.05) is 18.2 Å². The van der Waals surface area contributed by atoms with Crippen LogP contribution in [0.15, 0.2) is 48.7 Å². The number of rotatable bonds is 7. The molecule has 0 amide bonds. The van der Waals surface area contributed by atoms with Crippen LogP contribution in [0.5, 0.6) is 0 Å². The molecule has 182 valence electrons. The van der Waals surface area contributed by atoms with Gasteiger partial charge >= 0.3 is 0 Å². The number of hydrogen-bond acceptors (Lipinski definition) is 5. The van der Waals surface area contributed by atoms with Crippen molar-refractivity contribution in [2.45, 2.75) is 38.8 Å². The normalized spacial score (nSPS) is 18.2. The van der Waals surface area contributed by atoms with Crippen LogP contribution in [-0.4, -0.2) is 26.1 Å². The summed E-state index contributed by atoms with van der Waals surface area (Å²) in [5.41, 5.74) is 8.48. The number of hydrogen-bond donors (Lipinski definition) is 2. The second-order valence-corrected chi connectivity index (χ2v) is 9.93. The maximum absolute atomic E-state index is 14.1. The van der Waals surface area contributed by atoms with Crippen LogP contribution >= 0.6 is 23.2 Å². The van der Waals surface area contributed by atoms with Gasteiger partial charge in [-0.2, -0.15) is 4.98 Å². The van der Waals surface area contributed by atoms with Crippen LogP contribution in [0.25, 0.3) is 22.6 Å². The molecule has 0 radical (unpaired) electrons. The maximum atomic E-state index is 14.1. The molecule has 2 aromatic heterocycles. The fourth-order valence-corrected chi connectivity index (χ4v) is 5.37. The van der Waals surface area contributed by atoms with Crippen molar-refractivity contribution in [1.82, 2.24) is 19.5 Å². The van der Waals surface area contributed by atoms with Crippen molar-refractivity contribution in [2.75, 3.05) is 11.9 Å². The molecule has 0 atom stereocenters. The third-order valence-corrected chi connectivity index (χ3v) is 7.44. The number of benzene rings is 2. The van der Waals surface area contributed by atoms with Gasteiger partial charge in [0.25, 0.3) is 0 Å². The Bertz CT molecular complexity index is 1310. The Morgan fingerprint density at radius 1 is 0.971 bits per heavy atom. The SMILES string of the molecule is NCC1CCC(Cn2c(-c3c(Cl)cccc3Cl)nc3cnc(NCc4ccccc4F)nc32)CC1. The van der Waals surface area contributed by atoms with Crippen molar-refractivity contribution in [3.05, 3.63) is 70.1 Å². The minimum absolute atomic E-state index is 0.269. The van der Waals surface area contributed by atoms with Gasteiger partial charge in [0.2, 0.25) is 5.95 Å². The van der Waals surface area contributed by atoms with Crippen molar-refractivity contribution < 1.29 is 4.39 Å². The highest BCUT2D eigenvalue weighted by molar-refractivity contribution is 6.39. The van der Waals surface area contributed by atoms with Crippen molar-refractivity contribution in [3.63, 3.8) is 0 Å². The zero-order valence-electron chi connectivity index (χ0n) is 19.2. The molecule has 1 aliphatic rings. The van der Waals surface area contributed by atoms with Gasteiger partial charge < -0.3 is 15.6 Å². The highest BCUT2D eigenvalue weighted by atomic mass is 35.5. The van der Waals surface area contributed by atoms with Gasteiger partial charge in [-0.1, -0.05) is 47.5 Å². The summed E-state index contributed by atoms with van der Waals surface area (Å²) < 4.78 is 16.2. The first-order chi connectivity index (χ1) is 17.0. The van der Waals surface area contributed by atoms with E-state index in [0.717, 1.165) is 38.8 Å². The lowest BCUT2D eigenvalue weighted by atomic mass is 9.82. The number of nitrogens with one attached hydrogen (secondary N) is 1. The van der Waals surface area contributed by atoms with E-state index in [2.05, 4.69) is 14.9 Å². The van der Waals surface area contributed by atoms with E-state index in [9.17, 15) is 4.39 Å². The van der Waals surface area contributed by atoms with Crippen LogP contribution in [-0.2, 0) is 13.1 Å². The molecule has 2 heterocycles. The molecule has 0 spiro atoms. The second-order valence-electron chi connectivity index (χ2n) is 9.11. The predicted octanol–water partition coefficient (Wildman–Crippen LogP) is 6.32. The Kier molecular flexibility index (Phi) is 7.18. The van der Waals surface area contributed by atoms with Crippen LogP contribution in [0, 0.1) is 17.7 Å². The van der Waals surface area contributed by atoms with E-state index >= 15 is 0 Å². The number of aromatic nitrogens is 4. The molecule has 2 aromatic carbocycles. The fourth-order valence-electron chi connectivity index (χ4n) is 4.80. The minimum atomic E-state index is -0.269. The summed E-state index contributed by atoms with van der Waals surface area (Å²) >= 11 is 13.1. The number of nitrogens with zero attached hydrogens (tertiary/aromatic N) is 4. The van der Waals surface area contributed by atoms with E-state index in [-0.39, 0.29) is 12.4 Å². The summed E-state index contributed by atoms with van der Waals surface area (Å²) in [6, 6.07) is 12.1. The first-order valence-corrected chi connectivity index (χ1v) is 12.6. The molecular formula is C26H27Cl2FN6. The van der Waals surface area contributed by atoms with E-state index in [1.165, 1.54) is 6.07 Å². The molecule has 4 aromatic rings. The van der Waals surface area contributed by atoms with Gasteiger partial charge in [0.15, 0.2) is 5.65 Å². The monoisotopic (exact) mass is 512 g/mol. The summed E-state index contributed by atoms with van der Waals surface area (Å²) in [4.78, 5) is 14.0. The van der Waals surface area contributed by atoms with Crippen LogP contribution in [0.3, 0.4) is 0 Å². The van der Waals surface area contributed by atoms with Crippen molar-refractivity contribution in [3.8, 4) is 11.4 Å². The summed E-state index contributed by atoms with van der Waals surface area (Å²) in [7, 11) is 0. The Labute approximate surface area is 213 Å². The van der Waals surface area contributed by atoms with E-state index in [4.69, 9.17) is 38.9 Å². The van der Waals surface area contributed by atoms with Crippen molar-refractivity contribution in [1.29, 1.82) is 0 Å². The first-order valence-electron chi connectivity index (χ1n) is 11.9. The highest BCUT2D eigenvalue weighted by Crippen LogP contribution is 2.37. The molecule has 9 heteroatoms. The van der Waals surface area contributed by atoms with Gasteiger partial charge in [-0.15, -0.1) is 0 Å². The summed E-state index contributed by atoms with van der Waals surface area (Å²) in [6.07, 6.45) is 6.13. The summed E-state index contributed by atoms with van der Waals surface area (Å²) in [6.45, 7) is 1.76. The maximum Gasteiger partial charge on any atom is 0.225 e. The van der Waals surface area contributed by atoms with E-state index in [0.29, 0.717) is 55.9 Å². The lowest BCUT2D eigenvalue weighted by molar-refractivity contribution is 0.258. The number of nitrogens with two attached hydrogens (primary N) is 1. The molecule has 35 heavy (non-hydrogen) atoms. The number of fused-ring (bicyclic) bond motifs is 1. The van der Waals surface area contributed by atoms with Gasteiger partial charge in [-0.3, -0.25) is 0 Å². The van der Waals surface area contributed by atoms with Crippen LogP contribution in [0.2, 0.25) is 10.0 Å². The average Bonchev–Trinajstić information content (AvgIpc) is 3.21. The Morgan fingerprint density at radius 3 is 2.40 bits per heavy atom. The minimum Gasteiger partial charge on any atom is -0.350 e. The zero-order valence-corrected chi connectivity index (χ0v) is 20.7. The van der Waals surface area contributed by atoms with Crippen LogP contribution in [0.1, 0.15) is 31.2 Å². The standard InChI is InChI=1S/C26H27Cl2FN6/c27-19-5-3-6-20(28)23(19)25-33-22-14-32-26(31-13-18-4-1-2-7-21(18)29)34-24(22)35(25)15-17-10-8-16(12-30)9-11-17/h1-7,14,16-17H,8-13,15,30H2,(H,31,32,34). The topological polar surface area (TPSA) is 81.7 Å². The summed E-state index contributed by atoms with van der Waals surface area (Å²) in [5.74, 6) is 1.89. The molecule has 0 bridgehead atoms. The van der Waals surface area contributed by atoms with Crippen molar-refractivity contribution in [2.24, 2.45) is 17.6 Å². The third kappa shape index (κ3) is 5.13. The van der Waals surface area contributed by atoms with E-state index in [1.54, 1.807) is 24.4 Å².